The largest absolute Gasteiger partial charge is 0.394 e. The van der Waals surface area contributed by atoms with Gasteiger partial charge in [-0.25, -0.2) is 18.6 Å². The van der Waals surface area contributed by atoms with Crippen molar-refractivity contribution < 1.29 is 23.5 Å². The average molecular weight is 413 g/mol. The van der Waals surface area contributed by atoms with Crippen molar-refractivity contribution in [2.45, 2.75) is 30.8 Å². The molecule has 152 valence electrons. The van der Waals surface area contributed by atoms with Crippen molar-refractivity contribution in [3.63, 3.8) is 0 Å². The molecule has 2 aliphatic heterocycles. The van der Waals surface area contributed by atoms with Crippen molar-refractivity contribution in [1.82, 2.24) is 20.1 Å². The summed E-state index contributed by atoms with van der Waals surface area (Å²) in [4.78, 5) is 31.9. The summed E-state index contributed by atoms with van der Waals surface area (Å²) in [6.45, 7) is -0.238. The summed E-state index contributed by atoms with van der Waals surface area (Å²) in [5.74, 6) is -0.412. The summed E-state index contributed by atoms with van der Waals surface area (Å²) in [5, 5.41) is 16.4. The highest BCUT2D eigenvalue weighted by molar-refractivity contribution is 7.10. The van der Waals surface area contributed by atoms with Crippen LogP contribution in [0.5, 0.6) is 0 Å². The van der Waals surface area contributed by atoms with E-state index in [1.165, 1.54) is 16.2 Å². The first-order valence-electron chi connectivity index (χ1n) is 8.82. The second-order valence-electron chi connectivity index (χ2n) is 6.83. The molecule has 0 spiro atoms. The molecule has 3 amide bonds. The lowest BCUT2D eigenvalue weighted by molar-refractivity contribution is -0.155. The Morgan fingerprint density at radius 3 is 2.64 bits per heavy atom. The number of aliphatic hydroxyl groups excluding tert-OH is 1. The Morgan fingerprint density at radius 2 is 2.11 bits per heavy atom. The van der Waals surface area contributed by atoms with Gasteiger partial charge in [-0.05, 0) is 18.8 Å². The standard InChI is InChI=1S/C17H21F2N5O3S/c1-2-14-21-13(8-28-14)22-16(27)20-12(7-25)15(26)23-5-3-11(4-6-23)24-9-17(18,19)10-24/h1,8,11-12,25H,3-7,9-10H2,(H2,20,22,27). The van der Waals surface area contributed by atoms with Crippen LogP contribution in [-0.4, -0.2) is 82.6 Å². The molecular weight excluding hydrogens is 392 g/mol. The minimum atomic E-state index is -2.61. The molecule has 1 aromatic rings. The number of aromatic nitrogens is 1. The van der Waals surface area contributed by atoms with E-state index < -0.39 is 30.5 Å². The minimum absolute atomic E-state index is 0.0301. The third-order valence-corrected chi connectivity index (χ3v) is 5.59. The molecule has 3 heterocycles. The van der Waals surface area contributed by atoms with E-state index in [4.69, 9.17) is 6.42 Å². The Labute approximate surface area is 164 Å². The van der Waals surface area contributed by atoms with Gasteiger partial charge in [0.15, 0.2) is 5.01 Å². The Hall–Kier alpha value is -2.29. The van der Waals surface area contributed by atoms with Crippen LogP contribution >= 0.6 is 11.3 Å². The Bertz CT molecular complexity index is 765. The number of carbonyl (C=O) groups excluding carboxylic acids is 2. The number of hydrogen-bond donors (Lipinski definition) is 3. The molecule has 11 heteroatoms. The summed E-state index contributed by atoms with van der Waals surface area (Å²) in [7, 11) is 0. The van der Waals surface area contributed by atoms with E-state index in [1.807, 2.05) is 0 Å². The van der Waals surface area contributed by atoms with Crippen LogP contribution in [0.25, 0.3) is 0 Å². The highest BCUT2D eigenvalue weighted by atomic mass is 32.1. The van der Waals surface area contributed by atoms with Gasteiger partial charge in [0, 0.05) is 24.5 Å². The number of thiazole rings is 1. The second-order valence-corrected chi connectivity index (χ2v) is 7.69. The predicted octanol–water partition coefficient (Wildman–Crippen LogP) is 0.549. The van der Waals surface area contributed by atoms with Gasteiger partial charge in [0.25, 0.3) is 5.92 Å². The fraction of sp³-hybridized carbons (Fsp3) is 0.588. The molecule has 8 nitrogen and oxygen atoms in total. The van der Waals surface area contributed by atoms with Crippen LogP contribution in [0, 0.1) is 12.3 Å². The van der Waals surface area contributed by atoms with Gasteiger partial charge in [-0.2, -0.15) is 0 Å². The topological polar surface area (TPSA) is 97.8 Å². The maximum absolute atomic E-state index is 13.0. The lowest BCUT2D eigenvalue weighted by Gasteiger charge is -2.46. The number of halogens is 2. The van der Waals surface area contributed by atoms with E-state index in [9.17, 15) is 23.5 Å². The number of carbonyl (C=O) groups is 2. The van der Waals surface area contributed by atoms with Crippen molar-refractivity contribution in [2.75, 3.05) is 38.1 Å². The van der Waals surface area contributed by atoms with Crippen LogP contribution in [0.15, 0.2) is 5.38 Å². The van der Waals surface area contributed by atoms with Crippen molar-refractivity contribution in [3.8, 4) is 12.3 Å². The molecule has 3 rings (SSSR count). The predicted molar refractivity (Wildman–Crippen MR) is 99.2 cm³/mol. The molecule has 1 atom stereocenters. The number of hydrogen-bond acceptors (Lipinski definition) is 6. The number of piperidine rings is 1. The van der Waals surface area contributed by atoms with E-state index in [0.29, 0.717) is 30.9 Å². The third-order valence-electron chi connectivity index (χ3n) is 4.82. The van der Waals surface area contributed by atoms with E-state index >= 15 is 0 Å². The molecule has 2 saturated heterocycles. The first-order valence-corrected chi connectivity index (χ1v) is 9.70. The monoisotopic (exact) mass is 413 g/mol. The summed E-state index contributed by atoms with van der Waals surface area (Å²) in [6, 6.07) is -1.75. The number of rotatable bonds is 5. The maximum atomic E-state index is 13.0. The Kier molecular flexibility index (Phi) is 6.12. The number of nitrogens with zero attached hydrogens (tertiary/aromatic N) is 3. The molecule has 0 radical (unpaired) electrons. The minimum Gasteiger partial charge on any atom is -0.394 e. The fourth-order valence-corrected chi connectivity index (χ4v) is 3.93. The molecule has 0 aromatic carbocycles. The first-order chi connectivity index (χ1) is 13.3. The van der Waals surface area contributed by atoms with Gasteiger partial charge in [0.05, 0.1) is 19.7 Å². The molecule has 0 bridgehead atoms. The van der Waals surface area contributed by atoms with Crippen molar-refractivity contribution in [2.24, 2.45) is 0 Å². The lowest BCUT2D eigenvalue weighted by Crippen LogP contribution is -2.62. The number of amides is 3. The number of aliphatic hydroxyl groups is 1. The zero-order valence-electron chi connectivity index (χ0n) is 15.0. The van der Waals surface area contributed by atoms with Gasteiger partial charge in [0.1, 0.15) is 11.9 Å². The SMILES string of the molecule is C#Cc1nc(NC(=O)NC(CO)C(=O)N2CCC(N3CC(F)(F)C3)CC2)cs1. The van der Waals surface area contributed by atoms with Gasteiger partial charge in [-0.15, -0.1) is 17.8 Å². The maximum Gasteiger partial charge on any atom is 0.321 e. The highest BCUT2D eigenvalue weighted by Gasteiger charge is 2.47. The Morgan fingerprint density at radius 1 is 1.43 bits per heavy atom. The smallest absolute Gasteiger partial charge is 0.321 e. The average Bonchev–Trinajstić information content (AvgIpc) is 3.11. The molecule has 2 aliphatic rings. The molecule has 0 aliphatic carbocycles. The van der Waals surface area contributed by atoms with Crippen molar-refractivity contribution in [3.05, 3.63) is 10.4 Å². The fourth-order valence-electron chi connectivity index (χ4n) is 3.37. The van der Waals surface area contributed by atoms with Crippen molar-refractivity contribution in [1.29, 1.82) is 0 Å². The van der Waals surface area contributed by atoms with Crippen LogP contribution in [0.2, 0.25) is 0 Å². The second kappa shape index (κ2) is 8.38. The van der Waals surface area contributed by atoms with Crippen LogP contribution < -0.4 is 10.6 Å². The van der Waals surface area contributed by atoms with Crippen LogP contribution in [0.1, 0.15) is 17.8 Å². The Balaban J connectivity index is 1.47. The van der Waals surface area contributed by atoms with Gasteiger partial charge in [0.2, 0.25) is 5.91 Å². The van der Waals surface area contributed by atoms with Gasteiger partial charge >= 0.3 is 6.03 Å². The van der Waals surface area contributed by atoms with E-state index in [-0.39, 0.29) is 24.9 Å². The summed E-state index contributed by atoms with van der Waals surface area (Å²) < 4.78 is 26.0. The lowest BCUT2D eigenvalue weighted by atomic mass is 9.97. The highest BCUT2D eigenvalue weighted by Crippen LogP contribution is 2.31. The van der Waals surface area contributed by atoms with Crippen LogP contribution in [0.4, 0.5) is 19.4 Å². The molecule has 0 saturated carbocycles. The number of terminal acetylenes is 1. The van der Waals surface area contributed by atoms with Crippen LogP contribution in [0.3, 0.4) is 0 Å². The zero-order valence-corrected chi connectivity index (χ0v) is 15.8. The first kappa shape index (κ1) is 20.4. The molecule has 28 heavy (non-hydrogen) atoms. The molecule has 2 fully saturated rings. The summed E-state index contributed by atoms with van der Waals surface area (Å²) in [6.07, 6.45) is 6.39. The summed E-state index contributed by atoms with van der Waals surface area (Å²) in [5.41, 5.74) is 0. The van der Waals surface area contributed by atoms with Crippen molar-refractivity contribution >= 4 is 29.1 Å². The summed E-state index contributed by atoms with van der Waals surface area (Å²) >= 11 is 1.19. The quantitative estimate of drug-likeness (QED) is 0.613. The van der Waals surface area contributed by atoms with Gasteiger partial charge < -0.3 is 15.3 Å². The van der Waals surface area contributed by atoms with Gasteiger partial charge in [-0.1, -0.05) is 0 Å². The van der Waals surface area contributed by atoms with Crippen LogP contribution in [-0.2, 0) is 4.79 Å². The van der Waals surface area contributed by atoms with E-state index in [1.54, 1.807) is 10.3 Å². The molecule has 1 unspecified atom stereocenters. The number of anilines is 1. The van der Waals surface area contributed by atoms with E-state index in [2.05, 4.69) is 21.5 Å². The molecule has 3 N–H and O–H groups in total. The number of likely N-dealkylation sites (tertiary alicyclic amines) is 2. The number of urea groups is 1. The normalized spacial score (nSPS) is 20.7. The third kappa shape index (κ3) is 4.76. The van der Waals surface area contributed by atoms with Gasteiger partial charge in [-0.3, -0.25) is 15.0 Å². The molecular formula is C17H21F2N5O3S. The molecule has 1 aromatic heterocycles. The number of nitrogens with one attached hydrogen (secondary N) is 2. The number of alkyl halides is 2. The van der Waals surface area contributed by atoms with E-state index in [0.717, 1.165) is 0 Å². The zero-order chi connectivity index (χ0) is 20.3.